The molecule has 1 rings (SSSR count). The summed E-state index contributed by atoms with van der Waals surface area (Å²) in [6, 6.07) is 7.43. The second kappa shape index (κ2) is 7.01. The average Bonchev–Trinajstić information content (AvgIpc) is 2.28. The Morgan fingerprint density at radius 3 is 2.72 bits per heavy atom. The maximum atomic E-state index is 11.9. The van der Waals surface area contributed by atoms with Gasteiger partial charge in [-0.15, -0.1) is 0 Å². The number of amides is 1. The van der Waals surface area contributed by atoms with Crippen LogP contribution in [-0.4, -0.2) is 25.7 Å². The molecule has 1 aromatic carbocycles. The van der Waals surface area contributed by atoms with Gasteiger partial charge in [-0.1, -0.05) is 26.0 Å². The predicted molar refractivity (Wildman–Crippen MR) is 73.2 cm³/mol. The summed E-state index contributed by atoms with van der Waals surface area (Å²) in [5.74, 6) is 0.339. The molecular formula is C14H22N2O2. The van der Waals surface area contributed by atoms with E-state index in [0.29, 0.717) is 24.6 Å². The van der Waals surface area contributed by atoms with E-state index in [1.54, 1.807) is 7.11 Å². The lowest BCUT2D eigenvalue weighted by Gasteiger charge is -2.21. The summed E-state index contributed by atoms with van der Waals surface area (Å²) >= 11 is 0. The van der Waals surface area contributed by atoms with Crippen molar-refractivity contribution in [3.05, 3.63) is 29.8 Å². The SMILES string of the molecule is COCC(NC(=O)Cc1cccc(N)c1)C(C)C. The van der Waals surface area contributed by atoms with Crippen LogP contribution in [0.25, 0.3) is 0 Å². The topological polar surface area (TPSA) is 64.3 Å². The normalized spacial score (nSPS) is 12.4. The van der Waals surface area contributed by atoms with E-state index >= 15 is 0 Å². The molecule has 0 spiro atoms. The molecule has 0 aromatic heterocycles. The van der Waals surface area contributed by atoms with Crippen molar-refractivity contribution in [1.82, 2.24) is 5.32 Å². The molecule has 1 amide bonds. The number of hydrogen-bond donors (Lipinski definition) is 2. The molecule has 1 aromatic rings. The number of hydrogen-bond acceptors (Lipinski definition) is 3. The monoisotopic (exact) mass is 250 g/mol. The van der Waals surface area contributed by atoms with Crippen molar-refractivity contribution >= 4 is 11.6 Å². The van der Waals surface area contributed by atoms with Crippen molar-refractivity contribution in [1.29, 1.82) is 0 Å². The summed E-state index contributed by atoms with van der Waals surface area (Å²) in [7, 11) is 1.64. The van der Waals surface area contributed by atoms with E-state index in [1.807, 2.05) is 24.3 Å². The minimum atomic E-state index is -0.00338. The smallest absolute Gasteiger partial charge is 0.224 e. The van der Waals surface area contributed by atoms with E-state index in [0.717, 1.165) is 5.56 Å². The number of benzene rings is 1. The number of nitrogens with two attached hydrogens (primary N) is 1. The van der Waals surface area contributed by atoms with Crippen molar-refractivity contribution in [2.45, 2.75) is 26.3 Å². The maximum Gasteiger partial charge on any atom is 0.224 e. The molecule has 0 saturated heterocycles. The Hall–Kier alpha value is -1.55. The second-order valence-corrected chi connectivity index (χ2v) is 4.80. The minimum absolute atomic E-state index is 0.00338. The summed E-state index contributed by atoms with van der Waals surface area (Å²) in [6.45, 7) is 4.65. The number of carbonyl (C=O) groups excluding carboxylic acids is 1. The van der Waals surface area contributed by atoms with Crippen LogP contribution >= 0.6 is 0 Å². The van der Waals surface area contributed by atoms with Crippen LogP contribution < -0.4 is 11.1 Å². The highest BCUT2D eigenvalue weighted by atomic mass is 16.5. The fourth-order valence-corrected chi connectivity index (χ4v) is 1.73. The zero-order chi connectivity index (χ0) is 13.5. The molecule has 0 fully saturated rings. The number of rotatable bonds is 6. The molecule has 1 atom stereocenters. The van der Waals surface area contributed by atoms with Gasteiger partial charge in [-0.3, -0.25) is 4.79 Å². The maximum absolute atomic E-state index is 11.9. The molecule has 100 valence electrons. The summed E-state index contributed by atoms with van der Waals surface area (Å²) < 4.78 is 5.10. The van der Waals surface area contributed by atoms with Gasteiger partial charge in [0.05, 0.1) is 19.1 Å². The minimum Gasteiger partial charge on any atom is -0.399 e. The van der Waals surface area contributed by atoms with E-state index in [-0.39, 0.29) is 11.9 Å². The first kappa shape index (κ1) is 14.5. The van der Waals surface area contributed by atoms with Crippen LogP contribution in [-0.2, 0) is 16.0 Å². The fraction of sp³-hybridized carbons (Fsp3) is 0.500. The highest BCUT2D eigenvalue weighted by Gasteiger charge is 2.15. The van der Waals surface area contributed by atoms with Gasteiger partial charge in [0.1, 0.15) is 0 Å². The molecule has 0 radical (unpaired) electrons. The van der Waals surface area contributed by atoms with Crippen LogP contribution in [0.4, 0.5) is 5.69 Å². The van der Waals surface area contributed by atoms with Gasteiger partial charge in [0.25, 0.3) is 0 Å². The van der Waals surface area contributed by atoms with Crippen LogP contribution in [0.2, 0.25) is 0 Å². The molecule has 0 heterocycles. The molecule has 3 N–H and O–H groups in total. The van der Waals surface area contributed by atoms with Crippen molar-refractivity contribution in [2.75, 3.05) is 19.5 Å². The van der Waals surface area contributed by atoms with Crippen LogP contribution in [0.3, 0.4) is 0 Å². The van der Waals surface area contributed by atoms with Crippen molar-refractivity contribution in [2.24, 2.45) is 5.92 Å². The highest BCUT2D eigenvalue weighted by Crippen LogP contribution is 2.08. The number of nitrogens with one attached hydrogen (secondary N) is 1. The first-order chi connectivity index (χ1) is 8.52. The van der Waals surface area contributed by atoms with Gasteiger partial charge in [-0.25, -0.2) is 0 Å². The van der Waals surface area contributed by atoms with E-state index in [4.69, 9.17) is 10.5 Å². The van der Waals surface area contributed by atoms with Crippen LogP contribution in [0.5, 0.6) is 0 Å². The van der Waals surface area contributed by atoms with Crippen molar-refractivity contribution in [3.8, 4) is 0 Å². The van der Waals surface area contributed by atoms with Crippen molar-refractivity contribution < 1.29 is 9.53 Å². The molecule has 4 nitrogen and oxygen atoms in total. The number of carbonyl (C=O) groups is 1. The number of anilines is 1. The van der Waals surface area contributed by atoms with Crippen LogP contribution in [0, 0.1) is 5.92 Å². The highest BCUT2D eigenvalue weighted by molar-refractivity contribution is 5.79. The zero-order valence-corrected chi connectivity index (χ0v) is 11.3. The molecule has 0 aliphatic rings. The Bertz CT molecular complexity index is 391. The van der Waals surface area contributed by atoms with Gasteiger partial charge in [0, 0.05) is 12.8 Å². The van der Waals surface area contributed by atoms with Gasteiger partial charge in [0.2, 0.25) is 5.91 Å². The lowest BCUT2D eigenvalue weighted by Crippen LogP contribution is -2.42. The summed E-state index contributed by atoms with van der Waals surface area (Å²) in [5.41, 5.74) is 7.28. The number of methoxy groups -OCH3 is 1. The van der Waals surface area contributed by atoms with E-state index in [9.17, 15) is 4.79 Å². The first-order valence-electron chi connectivity index (χ1n) is 6.15. The lowest BCUT2D eigenvalue weighted by molar-refractivity contribution is -0.121. The summed E-state index contributed by atoms with van der Waals surface area (Å²) in [5, 5.41) is 2.98. The average molecular weight is 250 g/mol. The molecular weight excluding hydrogens is 228 g/mol. The predicted octanol–water partition coefficient (Wildman–Crippen LogP) is 1.60. The standard InChI is InChI=1S/C14H22N2O2/c1-10(2)13(9-18-3)16-14(17)8-11-5-4-6-12(15)7-11/h4-7,10,13H,8-9,15H2,1-3H3,(H,16,17). The first-order valence-corrected chi connectivity index (χ1v) is 6.15. The number of nitrogen functional groups attached to an aromatic ring is 1. The Balaban J connectivity index is 2.55. The molecule has 0 aliphatic carbocycles. The van der Waals surface area contributed by atoms with E-state index in [2.05, 4.69) is 19.2 Å². The quantitative estimate of drug-likeness (QED) is 0.754. The Morgan fingerprint density at radius 1 is 1.44 bits per heavy atom. The van der Waals surface area contributed by atoms with Gasteiger partial charge >= 0.3 is 0 Å². The lowest BCUT2D eigenvalue weighted by atomic mass is 10.0. The fourth-order valence-electron chi connectivity index (χ4n) is 1.73. The van der Waals surface area contributed by atoms with Crippen LogP contribution in [0.1, 0.15) is 19.4 Å². The zero-order valence-electron chi connectivity index (χ0n) is 11.3. The van der Waals surface area contributed by atoms with Gasteiger partial charge in [-0.2, -0.15) is 0 Å². The molecule has 0 saturated carbocycles. The molecule has 4 heteroatoms. The molecule has 1 unspecified atom stereocenters. The van der Waals surface area contributed by atoms with E-state index < -0.39 is 0 Å². The van der Waals surface area contributed by atoms with Gasteiger partial charge in [0.15, 0.2) is 0 Å². The molecule has 18 heavy (non-hydrogen) atoms. The third-order valence-electron chi connectivity index (χ3n) is 2.81. The molecule has 0 aliphatic heterocycles. The number of ether oxygens (including phenoxy) is 1. The van der Waals surface area contributed by atoms with E-state index in [1.165, 1.54) is 0 Å². The van der Waals surface area contributed by atoms with Gasteiger partial charge < -0.3 is 15.8 Å². The second-order valence-electron chi connectivity index (χ2n) is 4.80. The largest absolute Gasteiger partial charge is 0.399 e. The summed E-state index contributed by atoms with van der Waals surface area (Å²) in [6.07, 6.45) is 0.345. The Labute approximate surface area is 109 Å². The molecule has 0 bridgehead atoms. The van der Waals surface area contributed by atoms with Crippen molar-refractivity contribution in [3.63, 3.8) is 0 Å². The third kappa shape index (κ3) is 4.75. The van der Waals surface area contributed by atoms with Gasteiger partial charge in [-0.05, 0) is 23.6 Å². The Kier molecular flexibility index (Phi) is 5.65. The Morgan fingerprint density at radius 2 is 2.17 bits per heavy atom. The summed E-state index contributed by atoms with van der Waals surface area (Å²) in [4.78, 5) is 11.9. The third-order valence-corrected chi connectivity index (χ3v) is 2.81. The van der Waals surface area contributed by atoms with Crippen LogP contribution in [0.15, 0.2) is 24.3 Å².